The second-order valence-electron chi connectivity index (χ2n) is 3.14. The van der Waals surface area contributed by atoms with Crippen LogP contribution in [-0.4, -0.2) is 16.2 Å². The zero-order valence-corrected chi connectivity index (χ0v) is 8.00. The third kappa shape index (κ3) is 3.27. The van der Waals surface area contributed by atoms with Crippen LogP contribution >= 0.6 is 0 Å². The molecule has 0 saturated carbocycles. The van der Waals surface area contributed by atoms with Gasteiger partial charge in [-0.1, -0.05) is 13.3 Å². The average molecular weight is 181 g/mol. The van der Waals surface area contributed by atoms with E-state index in [0.717, 1.165) is 18.7 Å². The number of nitrogens with zero attached hydrogens (tertiary/aromatic N) is 1. The van der Waals surface area contributed by atoms with Crippen LogP contribution in [0, 0.1) is 0 Å². The number of nitrogens with one attached hydrogen (secondary N) is 2. The normalized spacial score (nSPS) is 12.5. The molecule has 4 heteroatoms. The number of hydrogen-bond donors (Lipinski definition) is 2. The molecule has 0 aliphatic carbocycles. The van der Waals surface area contributed by atoms with Crippen LogP contribution < -0.4 is 10.9 Å². The highest BCUT2D eigenvalue weighted by Crippen LogP contribution is 2.03. The molecule has 1 aromatic rings. The first-order chi connectivity index (χ1) is 6.22. The predicted octanol–water partition coefficient (Wildman–Crippen LogP) is 1.37. The molecule has 13 heavy (non-hydrogen) atoms. The molecule has 0 bridgehead atoms. The van der Waals surface area contributed by atoms with Gasteiger partial charge in [-0.15, -0.1) is 0 Å². The molecule has 0 spiro atoms. The Morgan fingerprint density at radius 2 is 2.38 bits per heavy atom. The van der Waals surface area contributed by atoms with Gasteiger partial charge in [-0.25, -0.2) is 5.10 Å². The fourth-order valence-corrected chi connectivity index (χ4v) is 1.18. The SMILES string of the molecule is CCCC(C)Nc1ccc(=O)[nH]n1. The molecular weight excluding hydrogens is 166 g/mol. The van der Waals surface area contributed by atoms with E-state index in [2.05, 4.69) is 29.4 Å². The average Bonchev–Trinajstić information content (AvgIpc) is 2.09. The zero-order valence-electron chi connectivity index (χ0n) is 8.00. The maximum Gasteiger partial charge on any atom is 0.264 e. The summed E-state index contributed by atoms with van der Waals surface area (Å²) in [5.74, 6) is 0.723. The number of anilines is 1. The van der Waals surface area contributed by atoms with Crippen molar-refractivity contribution in [3.63, 3.8) is 0 Å². The molecule has 0 aliphatic heterocycles. The Labute approximate surface area is 77.4 Å². The lowest BCUT2D eigenvalue weighted by Gasteiger charge is -2.12. The van der Waals surface area contributed by atoms with E-state index in [1.165, 1.54) is 6.07 Å². The molecule has 0 radical (unpaired) electrons. The minimum Gasteiger partial charge on any atom is -0.366 e. The van der Waals surface area contributed by atoms with Crippen LogP contribution in [0.5, 0.6) is 0 Å². The van der Waals surface area contributed by atoms with E-state index in [1.54, 1.807) is 6.07 Å². The fourth-order valence-electron chi connectivity index (χ4n) is 1.18. The summed E-state index contributed by atoms with van der Waals surface area (Å²) in [4.78, 5) is 10.7. The molecule has 72 valence electrons. The van der Waals surface area contributed by atoms with Crippen molar-refractivity contribution in [1.29, 1.82) is 0 Å². The largest absolute Gasteiger partial charge is 0.366 e. The highest BCUT2D eigenvalue weighted by Gasteiger charge is 2.00. The summed E-state index contributed by atoms with van der Waals surface area (Å²) in [6, 6.07) is 3.54. The molecule has 1 atom stereocenters. The molecule has 1 rings (SSSR count). The molecule has 2 N–H and O–H groups in total. The molecule has 0 saturated heterocycles. The van der Waals surface area contributed by atoms with Gasteiger partial charge >= 0.3 is 0 Å². The summed E-state index contributed by atoms with van der Waals surface area (Å²) < 4.78 is 0. The van der Waals surface area contributed by atoms with E-state index in [-0.39, 0.29) is 5.56 Å². The second-order valence-corrected chi connectivity index (χ2v) is 3.14. The Hall–Kier alpha value is -1.32. The molecule has 1 aromatic heterocycles. The first kappa shape index (κ1) is 9.77. The van der Waals surface area contributed by atoms with Gasteiger partial charge in [-0.2, -0.15) is 5.10 Å². The highest BCUT2D eigenvalue weighted by atomic mass is 16.1. The maximum absolute atomic E-state index is 10.7. The molecule has 0 amide bonds. The van der Waals surface area contributed by atoms with Crippen LogP contribution in [0.3, 0.4) is 0 Å². The van der Waals surface area contributed by atoms with Crippen LogP contribution in [0.4, 0.5) is 5.82 Å². The molecule has 4 nitrogen and oxygen atoms in total. The number of H-pyrrole nitrogens is 1. The summed E-state index contributed by atoms with van der Waals surface area (Å²) in [5.41, 5.74) is -0.173. The second kappa shape index (κ2) is 4.64. The summed E-state index contributed by atoms with van der Waals surface area (Å²) in [6.45, 7) is 4.23. The number of hydrogen-bond acceptors (Lipinski definition) is 3. The van der Waals surface area contributed by atoms with E-state index < -0.39 is 0 Å². The number of aromatic nitrogens is 2. The predicted molar refractivity (Wildman–Crippen MR) is 52.9 cm³/mol. The van der Waals surface area contributed by atoms with Gasteiger partial charge < -0.3 is 5.32 Å². The molecule has 1 heterocycles. The minimum atomic E-state index is -0.173. The van der Waals surface area contributed by atoms with Gasteiger partial charge in [0.05, 0.1) is 0 Å². The molecular formula is C9H15N3O. The van der Waals surface area contributed by atoms with Crippen LogP contribution in [0.15, 0.2) is 16.9 Å². The van der Waals surface area contributed by atoms with Crippen molar-refractivity contribution in [3.8, 4) is 0 Å². The smallest absolute Gasteiger partial charge is 0.264 e. The molecule has 0 fully saturated rings. The number of rotatable bonds is 4. The van der Waals surface area contributed by atoms with E-state index in [4.69, 9.17) is 0 Å². The quantitative estimate of drug-likeness (QED) is 0.737. The maximum atomic E-state index is 10.7. The van der Waals surface area contributed by atoms with Crippen molar-refractivity contribution in [3.05, 3.63) is 22.5 Å². The van der Waals surface area contributed by atoms with E-state index >= 15 is 0 Å². The van der Waals surface area contributed by atoms with Crippen molar-refractivity contribution in [2.45, 2.75) is 32.7 Å². The highest BCUT2D eigenvalue weighted by molar-refractivity contribution is 5.32. The van der Waals surface area contributed by atoms with Gasteiger partial charge in [0.15, 0.2) is 0 Å². The van der Waals surface area contributed by atoms with Gasteiger partial charge in [0.25, 0.3) is 5.56 Å². The van der Waals surface area contributed by atoms with Crippen molar-refractivity contribution < 1.29 is 0 Å². The summed E-state index contributed by atoms with van der Waals surface area (Å²) >= 11 is 0. The van der Waals surface area contributed by atoms with Crippen molar-refractivity contribution >= 4 is 5.82 Å². The first-order valence-corrected chi connectivity index (χ1v) is 4.54. The zero-order chi connectivity index (χ0) is 9.68. The third-order valence-electron chi connectivity index (χ3n) is 1.80. The van der Waals surface area contributed by atoms with Crippen LogP contribution in [0.2, 0.25) is 0 Å². The van der Waals surface area contributed by atoms with E-state index in [9.17, 15) is 4.79 Å². The topological polar surface area (TPSA) is 57.8 Å². The lowest BCUT2D eigenvalue weighted by Crippen LogP contribution is -2.17. The molecule has 1 unspecified atom stereocenters. The minimum absolute atomic E-state index is 0.173. The van der Waals surface area contributed by atoms with Crippen molar-refractivity contribution in [2.75, 3.05) is 5.32 Å². The van der Waals surface area contributed by atoms with Gasteiger partial charge in [-0.3, -0.25) is 4.79 Å². The lowest BCUT2D eigenvalue weighted by molar-refractivity contribution is 0.685. The van der Waals surface area contributed by atoms with Gasteiger partial charge in [-0.05, 0) is 19.4 Å². The Bertz CT molecular complexity index is 287. The Balaban J connectivity index is 2.54. The lowest BCUT2D eigenvalue weighted by atomic mass is 10.2. The van der Waals surface area contributed by atoms with E-state index in [1.807, 2.05) is 0 Å². The van der Waals surface area contributed by atoms with E-state index in [0.29, 0.717) is 6.04 Å². The van der Waals surface area contributed by atoms with Gasteiger partial charge in [0, 0.05) is 12.1 Å². The van der Waals surface area contributed by atoms with Crippen LogP contribution in [-0.2, 0) is 0 Å². The fraction of sp³-hybridized carbons (Fsp3) is 0.556. The van der Waals surface area contributed by atoms with Crippen molar-refractivity contribution in [2.24, 2.45) is 0 Å². The molecule has 0 aromatic carbocycles. The Morgan fingerprint density at radius 1 is 1.62 bits per heavy atom. The van der Waals surface area contributed by atoms with Gasteiger partial charge in [0.1, 0.15) is 5.82 Å². The van der Waals surface area contributed by atoms with Crippen LogP contribution in [0.1, 0.15) is 26.7 Å². The standard InChI is InChI=1S/C9H15N3O/c1-3-4-7(2)10-8-5-6-9(13)12-11-8/h5-7H,3-4H2,1-2H3,(H,10,11)(H,12,13). The Morgan fingerprint density at radius 3 is 2.92 bits per heavy atom. The number of aromatic amines is 1. The summed E-state index contributed by atoms with van der Waals surface area (Å²) in [5, 5.41) is 9.42. The monoisotopic (exact) mass is 181 g/mol. The Kier molecular flexibility index (Phi) is 3.49. The summed E-state index contributed by atoms with van der Waals surface area (Å²) in [7, 11) is 0. The molecule has 0 aliphatic rings. The van der Waals surface area contributed by atoms with Crippen molar-refractivity contribution in [1.82, 2.24) is 10.2 Å². The van der Waals surface area contributed by atoms with Crippen LogP contribution in [0.25, 0.3) is 0 Å². The van der Waals surface area contributed by atoms with Gasteiger partial charge in [0.2, 0.25) is 0 Å². The first-order valence-electron chi connectivity index (χ1n) is 4.54. The third-order valence-corrected chi connectivity index (χ3v) is 1.80. The summed E-state index contributed by atoms with van der Waals surface area (Å²) in [6.07, 6.45) is 2.23.